The summed E-state index contributed by atoms with van der Waals surface area (Å²) in [4.78, 5) is 24.7. The molecule has 1 aromatic carbocycles. The summed E-state index contributed by atoms with van der Waals surface area (Å²) in [5.41, 5.74) is 1.99. The molecule has 0 bridgehead atoms. The molecule has 0 radical (unpaired) electrons. The lowest BCUT2D eigenvalue weighted by Crippen LogP contribution is -2.07. The summed E-state index contributed by atoms with van der Waals surface area (Å²) in [6, 6.07) is 9.89. The molecule has 0 aliphatic carbocycles. The first-order chi connectivity index (χ1) is 11.7. The lowest BCUT2D eigenvalue weighted by atomic mass is 10.2. The Morgan fingerprint density at radius 1 is 1.21 bits per heavy atom. The van der Waals surface area contributed by atoms with Gasteiger partial charge in [-0.05, 0) is 23.6 Å². The minimum atomic E-state index is -0.0862. The maximum Gasteiger partial charge on any atom is 0.260 e. The molecule has 4 aromatic rings. The molecule has 4 nitrogen and oxygen atoms in total. The van der Waals surface area contributed by atoms with Crippen LogP contribution in [0.25, 0.3) is 20.8 Å². The molecule has 3 heterocycles. The van der Waals surface area contributed by atoms with Gasteiger partial charge in [0.2, 0.25) is 0 Å². The van der Waals surface area contributed by atoms with Gasteiger partial charge in [0.25, 0.3) is 5.56 Å². The molecule has 0 spiro atoms. The molecule has 0 saturated heterocycles. The number of thiophene rings is 1. The van der Waals surface area contributed by atoms with Crippen LogP contribution in [0.4, 0.5) is 0 Å². The smallest absolute Gasteiger partial charge is 0.260 e. The first kappa shape index (κ1) is 16.0. The maximum atomic E-state index is 12.0. The molecular formula is C16H10BrN3OS3. The number of H-pyrrole nitrogens is 1. The van der Waals surface area contributed by atoms with Crippen LogP contribution >= 0.6 is 50.4 Å². The zero-order chi connectivity index (χ0) is 16.5. The summed E-state index contributed by atoms with van der Waals surface area (Å²) >= 11 is 8.07. The predicted octanol–water partition coefficient (Wildman–Crippen LogP) is 5.16. The Labute approximate surface area is 158 Å². The van der Waals surface area contributed by atoms with Crippen LogP contribution in [-0.4, -0.2) is 15.0 Å². The summed E-state index contributed by atoms with van der Waals surface area (Å²) in [5.74, 6) is 0.671. The van der Waals surface area contributed by atoms with Crippen molar-refractivity contribution in [1.29, 1.82) is 0 Å². The number of rotatable bonds is 4. The number of thiazole rings is 1. The van der Waals surface area contributed by atoms with Gasteiger partial charge in [-0.1, -0.05) is 39.8 Å². The molecule has 1 N–H and O–H groups in total. The zero-order valence-electron chi connectivity index (χ0n) is 12.2. The highest BCUT2D eigenvalue weighted by molar-refractivity contribution is 9.10. The molecular weight excluding hydrogens is 426 g/mol. The van der Waals surface area contributed by atoms with Crippen molar-refractivity contribution in [1.82, 2.24) is 15.0 Å². The van der Waals surface area contributed by atoms with Gasteiger partial charge in [0.15, 0.2) is 5.16 Å². The van der Waals surface area contributed by atoms with Gasteiger partial charge >= 0.3 is 0 Å². The quantitative estimate of drug-likeness (QED) is 0.355. The molecule has 8 heteroatoms. The number of hydrogen-bond donors (Lipinski definition) is 1. The van der Waals surface area contributed by atoms with Crippen molar-refractivity contribution in [2.24, 2.45) is 0 Å². The molecule has 3 aromatic heterocycles. The summed E-state index contributed by atoms with van der Waals surface area (Å²) < 4.78 is 1.04. The van der Waals surface area contributed by atoms with Crippen LogP contribution in [0.1, 0.15) is 5.69 Å². The fraction of sp³-hybridized carbons (Fsp3) is 0.0625. The minimum absolute atomic E-state index is 0.0862. The van der Waals surface area contributed by atoms with Crippen molar-refractivity contribution in [3.63, 3.8) is 0 Å². The summed E-state index contributed by atoms with van der Waals surface area (Å²) in [6.45, 7) is 0. The van der Waals surface area contributed by atoms with Gasteiger partial charge in [-0.3, -0.25) is 4.79 Å². The SMILES string of the molecule is O=c1[nH]c(SCc2csc(-c3cccc(Br)c3)n2)nc2sccc12. The van der Waals surface area contributed by atoms with Crippen molar-refractivity contribution in [3.05, 3.63) is 61.6 Å². The van der Waals surface area contributed by atoms with Crippen molar-refractivity contribution in [2.75, 3.05) is 0 Å². The molecule has 120 valence electrons. The normalized spacial score (nSPS) is 11.2. The van der Waals surface area contributed by atoms with Crippen LogP contribution in [0, 0.1) is 0 Å². The van der Waals surface area contributed by atoms with Crippen molar-refractivity contribution >= 4 is 60.6 Å². The number of thioether (sulfide) groups is 1. The number of benzene rings is 1. The van der Waals surface area contributed by atoms with Crippen LogP contribution in [0.5, 0.6) is 0 Å². The fourth-order valence-electron chi connectivity index (χ4n) is 2.18. The third-order valence-corrected chi connectivity index (χ3v) is 6.44. The average Bonchev–Trinajstić information content (AvgIpc) is 3.22. The Hall–Kier alpha value is -1.48. The van der Waals surface area contributed by atoms with Crippen LogP contribution in [0.15, 0.2) is 55.5 Å². The Bertz CT molecular complexity index is 1070. The molecule has 0 unspecified atom stereocenters. The summed E-state index contributed by atoms with van der Waals surface area (Å²) in [5, 5.41) is 6.20. The Morgan fingerprint density at radius 2 is 2.12 bits per heavy atom. The number of aromatic nitrogens is 3. The van der Waals surface area contributed by atoms with Crippen molar-refractivity contribution < 1.29 is 0 Å². The van der Waals surface area contributed by atoms with E-state index in [0.29, 0.717) is 16.3 Å². The number of hydrogen-bond acceptors (Lipinski definition) is 6. The topological polar surface area (TPSA) is 58.6 Å². The van der Waals surface area contributed by atoms with E-state index in [2.05, 4.69) is 36.9 Å². The second kappa shape index (κ2) is 6.79. The van der Waals surface area contributed by atoms with Gasteiger partial charge in [0, 0.05) is 21.2 Å². The highest BCUT2D eigenvalue weighted by Crippen LogP contribution is 2.28. The standard InChI is InChI=1S/C16H10BrN3OS3/c17-10-3-1-2-9(6-10)14-18-11(7-23-14)8-24-16-19-13(21)12-4-5-22-15(12)20-16/h1-7H,8H2,(H,19,20,21). The van der Waals surface area contributed by atoms with E-state index < -0.39 is 0 Å². The average molecular weight is 436 g/mol. The number of aromatic amines is 1. The van der Waals surface area contributed by atoms with Crippen LogP contribution in [0.2, 0.25) is 0 Å². The Balaban J connectivity index is 1.52. The van der Waals surface area contributed by atoms with Gasteiger partial charge in [-0.15, -0.1) is 22.7 Å². The number of halogens is 1. The lowest BCUT2D eigenvalue weighted by Gasteiger charge is -1.99. The highest BCUT2D eigenvalue weighted by atomic mass is 79.9. The predicted molar refractivity (Wildman–Crippen MR) is 105 cm³/mol. The zero-order valence-corrected chi connectivity index (χ0v) is 16.2. The van der Waals surface area contributed by atoms with Crippen LogP contribution in [-0.2, 0) is 5.75 Å². The molecule has 24 heavy (non-hydrogen) atoms. The van der Waals surface area contributed by atoms with Gasteiger partial charge < -0.3 is 4.98 Å². The number of nitrogens with zero attached hydrogens (tertiary/aromatic N) is 2. The van der Waals surface area contributed by atoms with Crippen molar-refractivity contribution in [3.8, 4) is 10.6 Å². The summed E-state index contributed by atoms with van der Waals surface area (Å²) in [7, 11) is 0. The third-order valence-electron chi connectivity index (χ3n) is 3.29. The lowest BCUT2D eigenvalue weighted by molar-refractivity contribution is 0.978. The van der Waals surface area contributed by atoms with Gasteiger partial charge in [-0.2, -0.15) is 0 Å². The van der Waals surface area contributed by atoms with E-state index >= 15 is 0 Å². The summed E-state index contributed by atoms with van der Waals surface area (Å²) in [6.07, 6.45) is 0. The monoisotopic (exact) mass is 435 g/mol. The highest BCUT2D eigenvalue weighted by Gasteiger charge is 2.09. The van der Waals surface area contributed by atoms with Crippen molar-refractivity contribution in [2.45, 2.75) is 10.9 Å². The largest absolute Gasteiger partial charge is 0.301 e. The van der Waals surface area contributed by atoms with Crippen LogP contribution in [0.3, 0.4) is 0 Å². The Morgan fingerprint density at radius 3 is 3.00 bits per heavy atom. The third kappa shape index (κ3) is 3.32. The van der Waals surface area contributed by atoms with Gasteiger partial charge in [0.05, 0.1) is 11.1 Å². The number of nitrogens with one attached hydrogen (secondary N) is 1. The number of fused-ring (bicyclic) bond motifs is 1. The Kier molecular flexibility index (Phi) is 4.53. The van der Waals surface area contributed by atoms with E-state index in [1.54, 1.807) is 17.4 Å². The second-order valence-electron chi connectivity index (χ2n) is 4.95. The van der Waals surface area contributed by atoms with E-state index in [4.69, 9.17) is 0 Å². The van der Waals surface area contributed by atoms with E-state index in [1.807, 2.05) is 29.0 Å². The molecule has 0 atom stereocenters. The first-order valence-corrected chi connectivity index (χ1v) is 10.5. The maximum absolute atomic E-state index is 12.0. The second-order valence-corrected chi connectivity index (χ2v) is 8.59. The molecule has 0 aliphatic rings. The van der Waals surface area contributed by atoms with Gasteiger partial charge in [0.1, 0.15) is 9.84 Å². The molecule has 0 saturated carbocycles. The molecule has 0 amide bonds. The minimum Gasteiger partial charge on any atom is -0.301 e. The van der Waals surface area contributed by atoms with E-state index in [9.17, 15) is 4.79 Å². The molecule has 0 fully saturated rings. The van der Waals surface area contributed by atoms with E-state index in [0.717, 1.165) is 25.6 Å². The van der Waals surface area contributed by atoms with Gasteiger partial charge in [-0.25, -0.2) is 9.97 Å². The first-order valence-electron chi connectivity index (χ1n) is 7.00. The van der Waals surface area contributed by atoms with E-state index in [-0.39, 0.29) is 5.56 Å². The fourth-order valence-corrected chi connectivity index (χ4v) is 5.08. The molecule has 4 rings (SSSR count). The molecule has 0 aliphatic heterocycles. The van der Waals surface area contributed by atoms with E-state index in [1.165, 1.54) is 23.1 Å². The van der Waals surface area contributed by atoms with Crippen LogP contribution < -0.4 is 5.56 Å².